The van der Waals surface area contributed by atoms with Crippen LogP contribution >= 0.6 is 0 Å². The van der Waals surface area contributed by atoms with Gasteiger partial charge >= 0.3 is 0 Å². The average Bonchev–Trinajstić information content (AvgIpc) is 2.91. The number of aryl methyl sites for hydroxylation is 2. The number of sulfone groups is 1. The standard InChI is InChI=1S/C32H40N2O3S/c1-24-6-4-5-7-31(24)33-18-14-26(15-19-33)22-27-16-20-34(21-17-27)32-23-29(9-8-25(32)2)37-28-10-12-30(13-11-28)38(3,35)36/h4-13,23,26-27H,14-22H2,1-3H3. The van der Waals surface area contributed by atoms with Crippen molar-refractivity contribution in [3.63, 3.8) is 0 Å². The molecule has 2 saturated heterocycles. The lowest BCUT2D eigenvalue weighted by atomic mass is 9.82. The van der Waals surface area contributed by atoms with Crippen molar-refractivity contribution < 1.29 is 13.2 Å². The number of hydrogen-bond acceptors (Lipinski definition) is 5. The van der Waals surface area contributed by atoms with Crippen molar-refractivity contribution >= 4 is 21.2 Å². The van der Waals surface area contributed by atoms with E-state index in [0.717, 1.165) is 30.7 Å². The van der Waals surface area contributed by atoms with Crippen molar-refractivity contribution in [2.75, 3.05) is 42.2 Å². The largest absolute Gasteiger partial charge is 0.457 e. The highest BCUT2D eigenvalue weighted by molar-refractivity contribution is 7.90. The zero-order valence-electron chi connectivity index (χ0n) is 22.9. The predicted octanol–water partition coefficient (Wildman–Crippen LogP) is 7.02. The van der Waals surface area contributed by atoms with E-state index in [4.69, 9.17) is 4.74 Å². The molecular weight excluding hydrogens is 492 g/mol. The van der Waals surface area contributed by atoms with Crippen LogP contribution in [0.3, 0.4) is 0 Å². The van der Waals surface area contributed by atoms with Crippen molar-refractivity contribution in [3.8, 4) is 11.5 Å². The second kappa shape index (κ2) is 11.4. The number of benzene rings is 3. The molecule has 0 aliphatic carbocycles. The van der Waals surface area contributed by atoms with E-state index in [0.29, 0.717) is 10.6 Å². The van der Waals surface area contributed by atoms with E-state index in [2.05, 4.69) is 60.0 Å². The SMILES string of the molecule is Cc1ccccc1N1CCC(CC2CCN(c3cc(Oc4ccc(S(C)(=O)=O)cc4)ccc3C)CC2)CC1. The molecule has 202 valence electrons. The molecule has 0 aromatic heterocycles. The van der Waals surface area contributed by atoms with Gasteiger partial charge in [-0.15, -0.1) is 0 Å². The second-order valence-electron chi connectivity index (χ2n) is 11.2. The molecule has 0 unspecified atom stereocenters. The first-order chi connectivity index (χ1) is 18.3. The second-order valence-corrected chi connectivity index (χ2v) is 13.2. The lowest BCUT2D eigenvalue weighted by Crippen LogP contribution is -2.37. The minimum absolute atomic E-state index is 0.300. The predicted molar refractivity (Wildman–Crippen MR) is 156 cm³/mol. The van der Waals surface area contributed by atoms with Crippen LogP contribution in [0.15, 0.2) is 71.6 Å². The first-order valence-electron chi connectivity index (χ1n) is 13.9. The van der Waals surface area contributed by atoms with Gasteiger partial charge in [0.2, 0.25) is 0 Å². The highest BCUT2D eigenvalue weighted by Crippen LogP contribution is 2.35. The number of anilines is 2. The summed E-state index contributed by atoms with van der Waals surface area (Å²) in [5.41, 5.74) is 5.28. The lowest BCUT2D eigenvalue weighted by molar-refractivity contribution is 0.279. The number of ether oxygens (including phenoxy) is 1. The summed E-state index contributed by atoms with van der Waals surface area (Å²) >= 11 is 0. The number of piperidine rings is 2. The van der Waals surface area contributed by atoms with Gasteiger partial charge in [-0.3, -0.25) is 0 Å². The molecule has 2 aliphatic rings. The van der Waals surface area contributed by atoms with Crippen molar-refractivity contribution in [2.45, 2.75) is 50.8 Å². The van der Waals surface area contributed by atoms with Crippen LogP contribution in [0.1, 0.15) is 43.2 Å². The summed E-state index contributed by atoms with van der Waals surface area (Å²) < 4.78 is 29.5. The Labute approximate surface area is 228 Å². The fourth-order valence-corrected chi connectivity index (χ4v) is 6.72. The third-order valence-corrected chi connectivity index (χ3v) is 9.49. The molecule has 38 heavy (non-hydrogen) atoms. The van der Waals surface area contributed by atoms with Gasteiger partial charge in [-0.05, 0) is 105 Å². The van der Waals surface area contributed by atoms with Crippen LogP contribution in [0.4, 0.5) is 11.4 Å². The fourth-order valence-electron chi connectivity index (χ4n) is 6.09. The van der Waals surface area contributed by atoms with Gasteiger partial charge in [0.05, 0.1) is 4.90 Å². The maximum absolute atomic E-state index is 11.7. The van der Waals surface area contributed by atoms with Crippen LogP contribution in [0.5, 0.6) is 11.5 Å². The molecule has 0 radical (unpaired) electrons. The fraction of sp³-hybridized carbons (Fsp3) is 0.438. The summed E-state index contributed by atoms with van der Waals surface area (Å²) in [6.45, 7) is 8.90. The van der Waals surface area contributed by atoms with Crippen molar-refractivity contribution in [1.29, 1.82) is 0 Å². The Morgan fingerprint density at radius 1 is 0.711 bits per heavy atom. The van der Waals surface area contributed by atoms with E-state index in [1.165, 1.54) is 74.0 Å². The van der Waals surface area contributed by atoms with E-state index in [9.17, 15) is 8.42 Å². The molecule has 6 heteroatoms. The van der Waals surface area contributed by atoms with E-state index >= 15 is 0 Å². The van der Waals surface area contributed by atoms with Gasteiger partial charge in [0, 0.05) is 49.9 Å². The summed E-state index contributed by atoms with van der Waals surface area (Å²) in [7, 11) is -3.21. The summed E-state index contributed by atoms with van der Waals surface area (Å²) in [5.74, 6) is 3.08. The smallest absolute Gasteiger partial charge is 0.175 e. The molecule has 0 spiro atoms. The molecule has 2 aliphatic heterocycles. The molecular formula is C32H40N2O3S. The van der Waals surface area contributed by atoms with Crippen LogP contribution < -0.4 is 14.5 Å². The van der Waals surface area contributed by atoms with E-state index in [1.807, 2.05) is 6.07 Å². The van der Waals surface area contributed by atoms with Crippen LogP contribution in [-0.4, -0.2) is 40.9 Å². The Morgan fingerprint density at radius 3 is 1.82 bits per heavy atom. The molecule has 3 aromatic rings. The summed E-state index contributed by atoms with van der Waals surface area (Å²) in [4.78, 5) is 5.38. The number of para-hydroxylation sites is 1. The number of hydrogen-bond donors (Lipinski definition) is 0. The van der Waals surface area contributed by atoms with Crippen LogP contribution in [0.25, 0.3) is 0 Å². The van der Waals surface area contributed by atoms with Crippen LogP contribution in [-0.2, 0) is 9.84 Å². The van der Waals surface area contributed by atoms with E-state index < -0.39 is 9.84 Å². The molecule has 0 amide bonds. The monoisotopic (exact) mass is 532 g/mol. The minimum atomic E-state index is -3.21. The summed E-state index contributed by atoms with van der Waals surface area (Å²) in [6.07, 6.45) is 7.68. The van der Waals surface area contributed by atoms with Gasteiger partial charge in [-0.25, -0.2) is 8.42 Å². The van der Waals surface area contributed by atoms with Crippen molar-refractivity contribution in [1.82, 2.24) is 0 Å². The first-order valence-corrected chi connectivity index (χ1v) is 15.8. The number of rotatable bonds is 7. The highest BCUT2D eigenvalue weighted by Gasteiger charge is 2.26. The Hall–Kier alpha value is -2.99. The minimum Gasteiger partial charge on any atom is -0.457 e. The molecule has 5 rings (SSSR count). The lowest BCUT2D eigenvalue weighted by Gasteiger charge is -2.39. The molecule has 5 nitrogen and oxygen atoms in total. The van der Waals surface area contributed by atoms with E-state index in [-0.39, 0.29) is 0 Å². The molecule has 2 fully saturated rings. The van der Waals surface area contributed by atoms with Gasteiger partial charge in [0.1, 0.15) is 11.5 Å². The summed E-state index contributed by atoms with van der Waals surface area (Å²) in [5, 5.41) is 0. The van der Waals surface area contributed by atoms with Crippen molar-refractivity contribution in [2.24, 2.45) is 11.8 Å². The number of nitrogens with zero attached hydrogens (tertiary/aromatic N) is 2. The Kier molecular flexibility index (Phi) is 7.98. The van der Waals surface area contributed by atoms with Gasteiger partial charge < -0.3 is 14.5 Å². The quantitative estimate of drug-likeness (QED) is 0.327. The third kappa shape index (κ3) is 6.35. The van der Waals surface area contributed by atoms with Gasteiger partial charge in [0.25, 0.3) is 0 Å². The average molecular weight is 533 g/mol. The van der Waals surface area contributed by atoms with E-state index in [1.54, 1.807) is 24.3 Å². The summed E-state index contributed by atoms with van der Waals surface area (Å²) in [6, 6.07) is 21.6. The maximum atomic E-state index is 11.7. The third-order valence-electron chi connectivity index (χ3n) is 8.36. The molecule has 0 N–H and O–H groups in total. The molecule has 3 aromatic carbocycles. The Bertz CT molecular complexity index is 1340. The molecule has 0 atom stereocenters. The van der Waals surface area contributed by atoms with Crippen LogP contribution in [0, 0.1) is 25.7 Å². The van der Waals surface area contributed by atoms with Gasteiger partial charge in [-0.2, -0.15) is 0 Å². The van der Waals surface area contributed by atoms with Crippen LogP contribution in [0.2, 0.25) is 0 Å². The van der Waals surface area contributed by atoms with Gasteiger partial charge in [-0.1, -0.05) is 24.3 Å². The van der Waals surface area contributed by atoms with Gasteiger partial charge in [0.15, 0.2) is 9.84 Å². The maximum Gasteiger partial charge on any atom is 0.175 e. The Balaban J connectivity index is 1.13. The zero-order chi connectivity index (χ0) is 26.7. The highest BCUT2D eigenvalue weighted by atomic mass is 32.2. The topological polar surface area (TPSA) is 49.9 Å². The Morgan fingerprint density at radius 2 is 1.24 bits per heavy atom. The molecule has 0 bridgehead atoms. The zero-order valence-corrected chi connectivity index (χ0v) is 23.7. The molecule has 2 heterocycles. The molecule has 0 saturated carbocycles. The van der Waals surface area contributed by atoms with Crippen molar-refractivity contribution in [3.05, 3.63) is 77.9 Å². The first kappa shape index (κ1) is 26.6. The normalized spacial score (nSPS) is 17.6.